The van der Waals surface area contributed by atoms with Crippen LogP contribution in [-0.2, 0) is 23.2 Å². The molecule has 1 atom stereocenters. The lowest BCUT2D eigenvalue weighted by molar-refractivity contribution is -0.122. The lowest BCUT2D eigenvalue weighted by atomic mass is 10.2. The van der Waals surface area contributed by atoms with Gasteiger partial charge in [-0.1, -0.05) is 0 Å². The van der Waals surface area contributed by atoms with Gasteiger partial charge in [-0.2, -0.15) is 0 Å². The second kappa shape index (κ2) is 12.5. The maximum atomic E-state index is 11.4. The third kappa shape index (κ3) is 12.7. The van der Waals surface area contributed by atoms with Gasteiger partial charge in [0.1, 0.15) is 0 Å². The van der Waals surface area contributed by atoms with Crippen molar-refractivity contribution in [2.24, 2.45) is 0 Å². The number of carbonyl (C=O) groups excluding carboxylic acids is 2. The normalized spacial score (nSPS) is 13.4. The first kappa shape index (κ1) is 21.0. The highest BCUT2D eigenvalue weighted by molar-refractivity contribution is 7.47. The minimum Gasteiger partial charge on any atom is -0.396 e. The molecule has 0 aliphatic rings. The molecule has 4 N–H and O–H groups in total. The molecule has 0 aromatic rings. The Balaban J connectivity index is 3.63. The number of carbonyl (C=O) groups is 2. The molecule has 0 heterocycles. The highest BCUT2D eigenvalue weighted by Gasteiger charge is 2.20. The third-order valence-electron chi connectivity index (χ3n) is 2.42. The fraction of sp³-hybridized carbons (Fsp3) is 0.833. The van der Waals surface area contributed by atoms with E-state index >= 15 is 0 Å². The molecule has 0 saturated heterocycles. The van der Waals surface area contributed by atoms with Crippen molar-refractivity contribution in [1.82, 2.24) is 10.6 Å². The van der Waals surface area contributed by atoms with Gasteiger partial charge in [-0.25, -0.2) is 4.57 Å². The van der Waals surface area contributed by atoms with Crippen LogP contribution in [0.5, 0.6) is 0 Å². The van der Waals surface area contributed by atoms with Gasteiger partial charge in [-0.3, -0.25) is 18.6 Å². The van der Waals surface area contributed by atoms with Gasteiger partial charge in [0, 0.05) is 32.5 Å². The van der Waals surface area contributed by atoms with E-state index in [9.17, 15) is 19.0 Å². The van der Waals surface area contributed by atoms with E-state index in [0.717, 1.165) is 0 Å². The zero-order valence-electron chi connectivity index (χ0n) is 12.7. The standard InChI is InChI=1S/C12H25N2O7P/c1-2-13-11(16)5-3-6-12(17)14-7-10-21-22(18,19)20-9-4-8-15/h15H,2-10H2,1H3,(H,13,16)(H,14,17)(H,18,19). The van der Waals surface area contributed by atoms with Gasteiger partial charge in [-0.15, -0.1) is 0 Å². The number of phosphoric ester groups is 1. The number of nitrogens with one attached hydrogen (secondary N) is 2. The Morgan fingerprint density at radius 2 is 1.64 bits per heavy atom. The summed E-state index contributed by atoms with van der Waals surface area (Å²) in [5.41, 5.74) is 0. The number of phosphoric acid groups is 1. The maximum absolute atomic E-state index is 11.4. The molecule has 130 valence electrons. The second-order valence-electron chi connectivity index (χ2n) is 4.37. The van der Waals surface area contributed by atoms with Crippen molar-refractivity contribution in [2.75, 3.05) is 32.9 Å². The Labute approximate surface area is 130 Å². The van der Waals surface area contributed by atoms with Gasteiger partial charge >= 0.3 is 7.82 Å². The fourth-order valence-corrected chi connectivity index (χ4v) is 2.17. The van der Waals surface area contributed by atoms with Gasteiger partial charge in [0.25, 0.3) is 0 Å². The highest BCUT2D eigenvalue weighted by Crippen LogP contribution is 2.42. The zero-order chi connectivity index (χ0) is 16.8. The molecule has 22 heavy (non-hydrogen) atoms. The molecule has 10 heteroatoms. The lowest BCUT2D eigenvalue weighted by Gasteiger charge is -2.12. The van der Waals surface area contributed by atoms with Crippen LogP contribution in [-0.4, -0.2) is 54.7 Å². The van der Waals surface area contributed by atoms with Crippen LogP contribution in [0.4, 0.5) is 0 Å². The molecule has 0 rings (SSSR count). The average molecular weight is 340 g/mol. The van der Waals surface area contributed by atoms with Crippen LogP contribution in [0.15, 0.2) is 0 Å². The van der Waals surface area contributed by atoms with Gasteiger partial charge in [0.05, 0.1) is 13.2 Å². The minimum absolute atomic E-state index is 0.0634. The summed E-state index contributed by atoms with van der Waals surface area (Å²) in [6, 6.07) is 0. The Morgan fingerprint density at radius 1 is 1.05 bits per heavy atom. The predicted molar refractivity (Wildman–Crippen MR) is 79.0 cm³/mol. The Kier molecular flexibility index (Phi) is 12.0. The Bertz CT molecular complexity index is 378. The van der Waals surface area contributed by atoms with Gasteiger partial charge in [0.2, 0.25) is 11.8 Å². The second-order valence-corrected chi connectivity index (χ2v) is 5.82. The highest BCUT2D eigenvalue weighted by atomic mass is 31.2. The predicted octanol–water partition coefficient (Wildman–Crippen LogP) is -0.0750. The smallest absolute Gasteiger partial charge is 0.396 e. The van der Waals surface area contributed by atoms with Crippen LogP contribution in [0.1, 0.15) is 32.6 Å². The summed E-state index contributed by atoms with van der Waals surface area (Å²) in [4.78, 5) is 31.8. The summed E-state index contributed by atoms with van der Waals surface area (Å²) < 4.78 is 20.5. The van der Waals surface area contributed by atoms with Crippen LogP contribution >= 0.6 is 7.82 Å². The summed E-state index contributed by atoms with van der Waals surface area (Å²) in [7, 11) is -4.14. The number of amides is 2. The van der Waals surface area contributed by atoms with Crippen molar-refractivity contribution in [1.29, 1.82) is 0 Å². The van der Waals surface area contributed by atoms with Crippen LogP contribution in [0.3, 0.4) is 0 Å². The molecule has 0 aliphatic heterocycles. The first-order valence-electron chi connectivity index (χ1n) is 7.17. The van der Waals surface area contributed by atoms with Crippen LogP contribution in [0.25, 0.3) is 0 Å². The Hall–Kier alpha value is -0.990. The summed E-state index contributed by atoms with van der Waals surface area (Å²) in [5, 5.41) is 13.6. The molecule has 0 bridgehead atoms. The van der Waals surface area contributed by atoms with Crippen molar-refractivity contribution in [2.45, 2.75) is 32.6 Å². The molecule has 0 saturated carbocycles. The van der Waals surface area contributed by atoms with E-state index in [-0.39, 0.29) is 57.4 Å². The Morgan fingerprint density at radius 3 is 2.23 bits per heavy atom. The van der Waals surface area contributed by atoms with Crippen molar-refractivity contribution in [3.8, 4) is 0 Å². The zero-order valence-corrected chi connectivity index (χ0v) is 13.6. The van der Waals surface area contributed by atoms with Gasteiger partial charge < -0.3 is 20.6 Å². The maximum Gasteiger partial charge on any atom is 0.472 e. The molecule has 1 unspecified atom stereocenters. The summed E-state index contributed by atoms with van der Waals surface area (Å²) in [6.07, 6.45) is 1.14. The van der Waals surface area contributed by atoms with Crippen LogP contribution in [0.2, 0.25) is 0 Å². The monoisotopic (exact) mass is 340 g/mol. The van der Waals surface area contributed by atoms with E-state index in [0.29, 0.717) is 13.0 Å². The van der Waals surface area contributed by atoms with Gasteiger partial charge in [-0.05, 0) is 19.8 Å². The van der Waals surface area contributed by atoms with E-state index in [1.807, 2.05) is 6.92 Å². The summed E-state index contributed by atoms with van der Waals surface area (Å²) in [5.74, 6) is -0.359. The first-order valence-corrected chi connectivity index (χ1v) is 8.67. The number of aliphatic hydroxyl groups is 1. The molecule has 0 aliphatic carbocycles. The van der Waals surface area contributed by atoms with Crippen LogP contribution in [0, 0.1) is 0 Å². The number of hydrogen-bond donors (Lipinski definition) is 4. The van der Waals surface area contributed by atoms with E-state index in [2.05, 4.69) is 19.7 Å². The van der Waals surface area contributed by atoms with Crippen molar-refractivity contribution in [3.05, 3.63) is 0 Å². The van der Waals surface area contributed by atoms with E-state index in [1.165, 1.54) is 0 Å². The van der Waals surface area contributed by atoms with Crippen molar-refractivity contribution in [3.63, 3.8) is 0 Å². The average Bonchev–Trinajstić information content (AvgIpc) is 2.44. The number of aliphatic hydroxyl groups excluding tert-OH is 1. The molecule has 9 nitrogen and oxygen atoms in total. The quantitative estimate of drug-likeness (QED) is 0.272. The minimum atomic E-state index is -4.14. The molecule has 0 spiro atoms. The molecule has 0 aromatic carbocycles. The number of hydrogen-bond acceptors (Lipinski definition) is 6. The van der Waals surface area contributed by atoms with E-state index in [4.69, 9.17) is 5.11 Å². The molecular weight excluding hydrogens is 315 g/mol. The molecular formula is C12H25N2O7P. The summed E-state index contributed by atoms with van der Waals surface area (Å²) >= 11 is 0. The molecule has 0 radical (unpaired) electrons. The third-order valence-corrected chi connectivity index (χ3v) is 3.43. The largest absolute Gasteiger partial charge is 0.472 e. The van der Waals surface area contributed by atoms with E-state index in [1.54, 1.807) is 0 Å². The molecule has 2 amide bonds. The van der Waals surface area contributed by atoms with Crippen molar-refractivity contribution >= 4 is 19.6 Å². The molecule has 0 aromatic heterocycles. The summed E-state index contributed by atoms with van der Waals surface area (Å²) in [6.45, 7) is 2.04. The topological polar surface area (TPSA) is 134 Å². The van der Waals surface area contributed by atoms with Crippen LogP contribution < -0.4 is 10.6 Å². The van der Waals surface area contributed by atoms with Gasteiger partial charge in [0.15, 0.2) is 0 Å². The van der Waals surface area contributed by atoms with Crippen molar-refractivity contribution < 1.29 is 33.2 Å². The van der Waals surface area contributed by atoms with E-state index < -0.39 is 7.82 Å². The fourth-order valence-electron chi connectivity index (χ4n) is 1.42. The SMILES string of the molecule is CCNC(=O)CCCC(=O)NCCOP(=O)(O)OCCCO. The number of rotatable bonds is 13. The lowest BCUT2D eigenvalue weighted by Crippen LogP contribution is -2.27. The first-order chi connectivity index (χ1) is 10.4. The molecule has 0 fully saturated rings.